The summed E-state index contributed by atoms with van der Waals surface area (Å²) in [6.07, 6.45) is 4.68. The molecule has 0 aliphatic rings. The lowest BCUT2D eigenvalue weighted by molar-refractivity contribution is 0.441. The van der Waals surface area contributed by atoms with Gasteiger partial charge in [-0.1, -0.05) is 18.2 Å². The third-order valence-corrected chi connectivity index (χ3v) is 1.93. The molecule has 0 spiro atoms. The lowest BCUT2D eigenvalue weighted by Gasteiger charge is -2.02. The molecule has 0 unspecified atom stereocenters. The van der Waals surface area contributed by atoms with Crippen LogP contribution in [0.15, 0.2) is 24.3 Å². The van der Waals surface area contributed by atoms with Gasteiger partial charge in [0.2, 0.25) is 0 Å². The Morgan fingerprint density at radius 2 is 1.86 bits per heavy atom. The van der Waals surface area contributed by atoms with Crippen LogP contribution >= 0.6 is 0 Å². The number of rotatable bonds is 3. The molecule has 0 aromatic heterocycles. The van der Waals surface area contributed by atoms with E-state index < -0.39 is 17.5 Å². The molecule has 1 rings (SSSR count). The molecule has 0 atom stereocenters. The molecule has 0 amide bonds. The van der Waals surface area contributed by atoms with Crippen molar-refractivity contribution >= 4 is 0 Å². The van der Waals surface area contributed by atoms with Crippen molar-refractivity contribution in [1.82, 2.24) is 0 Å². The van der Waals surface area contributed by atoms with Crippen LogP contribution in [0.4, 0.5) is 13.2 Å². The van der Waals surface area contributed by atoms with E-state index in [9.17, 15) is 13.2 Å². The Morgan fingerprint density at radius 3 is 2.50 bits per heavy atom. The summed E-state index contributed by atoms with van der Waals surface area (Å²) >= 11 is 0. The minimum Gasteiger partial charge on any atom is -0.204 e. The molecular formula is C11H11F3. The standard InChI is InChI=1S/C11H11F3/c1-2-3-4-5-8-6-7-9(12)11(14)10(8)13/h2-3,6-7H,4-5H2,1H3/b3-2+. The van der Waals surface area contributed by atoms with Crippen LogP contribution in [0.1, 0.15) is 18.9 Å². The minimum absolute atomic E-state index is 0.210. The van der Waals surface area contributed by atoms with Gasteiger partial charge in [0, 0.05) is 0 Å². The van der Waals surface area contributed by atoms with Crippen LogP contribution in [0.3, 0.4) is 0 Å². The van der Waals surface area contributed by atoms with Crippen molar-refractivity contribution in [3.63, 3.8) is 0 Å². The monoisotopic (exact) mass is 200 g/mol. The molecule has 3 heteroatoms. The molecule has 1 aromatic carbocycles. The van der Waals surface area contributed by atoms with Crippen LogP contribution in [-0.2, 0) is 6.42 Å². The zero-order valence-electron chi connectivity index (χ0n) is 7.86. The van der Waals surface area contributed by atoms with Crippen LogP contribution in [-0.4, -0.2) is 0 Å². The van der Waals surface area contributed by atoms with E-state index >= 15 is 0 Å². The van der Waals surface area contributed by atoms with Crippen molar-refractivity contribution in [1.29, 1.82) is 0 Å². The van der Waals surface area contributed by atoms with Crippen LogP contribution in [0.2, 0.25) is 0 Å². The van der Waals surface area contributed by atoms with Gasteiger partial charge in [0.05, 0.1) is 0 Å². The van der Waals surface area contributed by atoms with Crippen LogP contribution in [0, 0.1) is 17.5 Å². The van der Waals surface area contributed by atoms with Crippen LogP contribution < -0.4 is 0 Å². The molecule has 0 saturated heterocycles. The Kier molecular flexibility index (Phi) is 3.74. The summed E-state index contributed by atoms with van der Waals surface area (Å²) in [5.74, 6) is -3.60. The molecular weight excluding hydrogens is 189 g/mol. The Hall–Kier alpha value is -1.25. The van der Waals surface area contributed by atoms with Gasteiger partial charge in [-0.15, -0.1) is 0 Å². The first-order valence-electron chi connectivity index (χ1n) is 4.40. The molecule has 0 aliphatic carbocycles. The van der Waals surface area contributed by atoms with E-state index in [1.165, 1.54) is 6.07 Å². The maximum absolute atomic E-state index is 13.1. The number of hydrogen-bond acceptors (Lipinski definition) is 0. The lowest BCUT2D eigenvalue weighted by Crippen LogP contribution is -1.97. The number of benzene rings is 1. The van der Waals surface area contributed by atoms with Crippen molar-refractivity contribution < 1.29 is 13.2 Å². The van der Waals surface area contributed by atoms with Gasteiger partial charge < -0.3 is 0 Å². The van der Waals surface area contributed by atoms with Gasteiger partial charge in [0.15, 0.2) is 17.5 Å². The number of aryl methyl sites for hydroxylation is 1. The summed E-state index contributed by atoms with van der Waals surface area (Å²) in [6.45, 7) is 1.85. The summed E-state index contributed by atoms with van der Waals surface area (Å²) in [5.41, 5.74) is 0.210. The van der Waals surface area contributed by atoms with Crippen molar-refractivity contribution in [2.45, 2.75) is 19.8 Å². The molecule has 1 aromatic rings. The second-order valence-corrected chi connectivity index (χ2v) is 2.94. The van der Waals surface area contributed by atoms with Crippen LogP contribution in [0.25, 0.3) is 0 Å². The fourth-order valence-corrected chi connectivity index (χ4v) is 1.16. The molecule has 0 radical (unpaired) electrons. The first-order valence-corrected chi connectivity index (χ1v) is 4.40. The van der Waals surface area contributed by atoms with Crippen LogP contribution in [0.5, 0.6) is 0 Å². The molecule has 14 heavy (non-hydrogen) atoms. The van der Waals surface area contributed by atoms with Gasteiger partial charge in [0.25, 0.3) is 0 Å². The molecule has 0 fully saturated rings. The molecule has 0 nitrogen and oxygen atoms in total. The van der Waals surface area contributed by atoms with Gasteiger partial charge in [-0.25, -0.2) is 13.2 Å². The van der Waals surface area contributed by atoms with Crippen molar-refractivity contribution in [3.8, 4) is 0 Å². The van der Waals surface area contributed by atoms with E-state index in [-0.39, 0.29) is 5.56 Å². The average Bonchev–Trinajstić information content (AvgIpc) is 2.18. The first-order chi connectivity index (χ1) is 6.66. The van der Waals surface area contributed by atoms with E-state index in [1.54, 1.807) is 0 Å². The second-order valence-electron chi connectivity index (χ2n) is 2.94. The highest BCUT2D eigenvalue weighted by Crippen LogP contribution is 2.16. The van der Waals surface area contributed by atoms with Crippen molar-refractivity contribution in [2.75, 3.05) is 0 Å². The smallest absolute Gasteiger partial charge is 0.194 e. The quantitative estimate of drug-likeness (QED) is 0.516. The highest BCUT2D eigenvalue weighted by molar-refractivity contribution is 5.20. The maximum atomic E-state index is 13.1. The number of hydrogen-bond donors (Lipinski definition) is 0. The Morgan fingerprint density at radius 1 is 1.14 bits per heavy atom. The average molecular weight is 200 g/mol. The predicted molar refractivity (Wildman–Crippen MR) is 49.5 cm³/mol. The van der Waals surface area contributed by atoms with Crippen molar-refractivity contribution in [2.24, 2.45) is 0 Å². The Labute approximate surface area is 81.1 Å². The van der Waals surface area contributed by atoms with Crippen molar-refractivity contribution in [3.05, 3.63) is 47.3 Å². The predicted octanol–water partition coefficient (Wildman–Crippen LogP) is 3.61. The second kappa shape index (κ2) is 4.84. The summed E-state index contributed by atoms with van der Waals surface area (Å²) < 4.78 is 38.3. The molecule has 0 aliphatic heterocycles. The highest BCUT2D eigenvalue weighted by Gasteiger charge is 2.11. The molecule has 0 heterocycles. The highest BCUT2D eigenvalue weighted by atomic mass is 19.2. The van der Waals surface area contributed by atoms with E-state index in [1.807, 2.05) is 19.1 Å². The Bertz CT molecular complexity index is 343. The number of allylic oxidation sites excluding steroid dienone is 2. The molecule has 0 saturated carbocycles. The summed E-state index contributed by atoms with van der Waals surface area (Å²) in [7, 11) is 0. The summed E-state index contributed by atoms with van der Waals surface area (Å²) in [5, 5.41) is 0. The fourth-order valence-electron chi connectivity index (χ4n) is 1.16. The SMILES string of the molecule is C/C=C/CCc1ccc(F)c(F)c1F. The summed E-state index contributed by atoms with van der Waals surface area (Å²) in [4.78, 5) is 0. The van der Waals surface area contributed by atoms with E-state index in [0.29, 0.717) is 12.8 Å². The topological polar surface area (TPSA) is 0 Å². The van der Waals surface area contributed by atoms with Gasteiger partial charge in [-0.2, -0.15) is 0 Å². The lowest BCUT2D eigenvalue weighted by atomic mass is 10.1. The minimum atomic E-state index is -1.39. The maximum Gasteiger partial charge on any atom is 0.194 e. The number of halogens is 3. The Balaban J connectivity index is 2.83. The zero-order valence-corrected chi connectivity index (χ0v) is 7.86. The van der Waals surface area contributed by atoms with E-state index in [0.717, 1.165) is 6.07 Å². The van der Waals surface area contributed by atoms with Gasteiger partial charge in [-0.3, -0.25) is 0 Å². The molecule has 76 valence electrons. The molecule has 0 bridgehead atoms. The fraction of sp³-hybridized carbons (Fsp3) is 0.273. The summed E-state index contributed by atoms with van der Waals surface area (Å²) in [6, 6.07) is 2.22. The van der Waals surface area contributed by atoms with Gasteiger partial charge in [-0.05, 0) is 31.4 Å². The van der Waals surface area contributed by atoms with E-state index in [4.69, 9.17) is 0 Å². The third-order valence-electron chi connectivity index (χ3n) is 1.93. The van der Waals surface area contributed by atoms with Gasteiger partial charge >= 0.3 is 0 Å². The first kappa shape index (κ1) is 10.8. The molecule has 0 N–H and O–H groups in total. The zero-order chi connectivity index (χ0) is 10.6. The normalized spacial score (nSPS) is 11.1. The third kappa shape index (κ3) is 2.37. The largest absolute Gasteiger partial charge is 0.204 e. The van der Waals surface area contributed by atoms with E-state index in [2.05, 4.69) is 0 Å². The van der Waals surface area contributed by atoms with Gasteiger partial charge in [0.1, 0.15) is 0 Å².